The van der Waals surface area contributed by atoms with Gasteiger partial charge in [0.25, 0.3) is 0 Å². The van der Waals surface area contributed by atoms with Crippen molar-refractivity contribution in [3.63, 3.8) is 0 Å². The highest BCUT2D eigenvalue weighted by Gasteiger charge is 2.10. The molecule has 110 valence electrons. The second kappa shape index (κ2) is 9.25. The SMILES string of the molecule is CCCNC(=O)CCNC(=O)CCC(=O)c1cccs1. The fraction of sp³-hybridized carbons (Fsp3) is 0.500. The summed E-state index contributed by atoms with van der Waals surface area (Å²) in [7, 11) is 0. The van der Waals surface area contributed by atoms with Crippen LogP contribution >= 0.6 is 11.3 Å². The van der Waals surface area contributed by atoms with Crippen molar-refractivity contribution < 1.29 is 14.4 Å². The van der Waals surface area contributed by atoms with Gasteiger partial charge in [0, 0.05) is 32.4 Å². The van der Waals surface area contributed by atoms with E-state index < -0.39 is 0 Å². The second-order valence-electron chi connectivity index (χ2n) is 4.35. The average Bonchev–Trinajstić information content (AvgIpc) is 2.96. The van der Waals surface area contributed by atoms with Crippen molar-refractivity contribution in [2.24, 2.45) is 0 Å². The Hall–Kier alpha value is -1.69. The molecule has 0 radical (unpaired) electrons. The van der Waals surface area contributed by atoms with E-state index in [2.05, 4.69) is 10.6 Å². The number of nitrogens with one attached hydrogen (secondary N) is 2. The minimum atomic E-state index is -0.196. The van der Waals surface area contributed by atoms with E-state index in [0.717, 1.165) is 6.42 Å². The van der Waals surface area contributed by atoms with Crippen molar-refractivity contribution >= 4 is 28.9 Å². The molecule has 0 spiro atoms. The molecule has 1 heterocycles. The molecule has 0 aliphatic carbocycles. The smallest absolute Gasteiger partial charge is 0.221 e. The molecule has 0 aromatic carbocycles. The van der Waals surface area contributed by atoms with E-state index in [1.165, 1.54) is 11.3 Å². The Morgan fingerprint density at radius 1 is 1.05 bits per heavy atom. The Labute approximate surface area is 122 Å². The summed E-state index contributed by atoms with van der Waals surface area (Å²) >= 11 is 1.38. The molecule has 0 fully saturated rings. The van der Waals surface area contributed by atoms with Gasteiger partial charge in [0.05, 0.1) is 4.88 Å². The number of thiophene rings is 1. The van der Waals surface area contributed by atoms with Crippen molar-refractivity contribution in [2.45, 2.75) is 32.6 Å². The summed E-state index contributed by atoms with van der Waals surface area (Å²) in [6.45, 7) is 2.94. The van der Waals surface area contributed by atoms with Gasteiger partial charge in [-0.05, 0) is 17.9 Å². The van der Waals surface area contributed by atoms with Crippen LogP contribution in [0.5, 0.6) is 0 Å². The highest BCUT2D eigenvalue weighted by Crippen LogP contribution is 2.12. The second-order valence-corrected chi connectivity index (χ2v) is 5.30. The van der Waals surface area contributed by atoms with Gasteiger partial charge in [-0.25, -0.2) is 0 Å². The van der Waals surface area contributed by atoms with Gasteiger partial charge >= 0.3 is 0 Å². The molecule has 2 N–H and O–H groups in total. The summed E-state index contributed by atoms with van der Waals surface area (Å²) < 4.78 is 0. The summed E-state index contributed by atoms with van der Waals surface area (Å²) in [4.78, 5) is 35.2. The van der Waals surface area contributed by atoms with E-state index in [-0.39, 0.29) is 36.9 Å². The van der Waals surface area contributed by atoms with Crippen LogP contribution in [0.25, 0.3) is 0 Å². The first kappa shape index (κ1) is 16.4. The van der Waals surface area contributed by atoms with Crippen molar-refractivity contribution in [3.8, 4) is 0 Å². The van der Waals surface area contributed by atoms with Crippen LogP contribution in [0, 0.1) is 0 Å². The molecule has 20 heavy (non-hydrogen) atoms. The van der Waals surface area contributed by atoms with Gasteiger partial charge in [-0.1, -0.05) is 13.0 Å². The van der Waals surface area contributed by atoms with E-state index in [9.17, 15) is 14.4 Å². The lowest BCUT2D eigenvalue weighted by atomic mass is 10.2. The van der Waals surface area contributed by atoms with Crippen molar-refractivity contribution in [1.82, 2.24) is 10.6 Å². The molecule has 0 aliphatic rings. The third-order valence-corrected chi connectivity index (χ3v) is 3.53. The number of Topliss-reactive ketones (excluding diaryl/α,β-unsaturated/α-hetero) is 1. The number of carbonyl (C=O) groups is 3. The lowest BCUT2D eigenvalue weighted by Crippen LogP contribution is -2.31. The Balaban J connectivity index is 2.11. The zero-order chi connectivity index (χ0) is 14.8. The molecule has 0 saturated heterocycles. The maximum Gasteiger partial charge on any atom is 0.221 e. The lowest BCUT2D eigenvalue weighted by molar-refractivity contribution is -0.122. The predicted molar refractivity (Wildman–Crippen MR) is 78.8 cm³/mol. The van der Waals surface area contributed by atoms with Gasteiger partial charge in [-0.3, -0.25) is 14.4 Å². The van der Waals surface area contributed by atoms with Crippen LogP contribution in [0.2, 0.25) is 0 Å². The number of carbonyl (C=O) groups excluding carboxylic acids is 3. The summed E-state index contributed by atoms with van der Waals surface area (Å²) in [5, 5.41) is 7.21. The van der Waals surface area contributed by atoms with Gasteiger partial charge in [0.1, 0.15) is 0 Å². The van der Waals surface area contributed by atoms with Crippen LogP contribution in [0.15, 0.2) is 17.5 Å². The first-order valence-corrected chi connectivity index (χ1v) is 7.61. The van der Waals surface area contributed by atoms with E-state index >= 15 is 0 Å². The largest absolute Gasteiger partial charge is 0.356 e. The molecule has 6 heteroatoms. The van der Waals surface area contributed by atoms with Crippen molar-refractivity contribution in [1.29, 1.82) is 0 Å². The van der Waals surface area contributed by atoms with Gasteiger partial charge in [-0.2, -0.15) is 0 Å². The number of rotatable bonds is 9. The van der Waals surface area contributed by atoms with Crippen LogP contribution in [-0.4, -0.2) is 30.7 Å². The minimum absolute atomic E-state index is 0.0177. The molecule has 1 rings (SSSR count). The van der Waals surface area contributed by atoms with Crippen LogP contribution in [0.3, 0.4) is 0 Å². The molecule has 2 amide bonds. The maximum atomic E-state index is 11.7. The highest BCUT2D eigenvalue weighted by molar-refractivity contribution is 7.12. The summed E-state index contributed by atoms with van der Waals surface area (Å²) in [6.07, 6.45) is 1.52. The lowest BCUT2D eigenvalue weighted by Gasteiger charge is -2.05. The van der Waals surface area contributed by atoms with Crippen molar-refractivity contribution in [3.05, 3.63) is 22.4 Å². The molecular weight excluding hydrogens is 276 g/mol. The van der Waals surface area contributed by atoms with Crippen LogP contribution in [-0.2, 0) is 9.59 Å². The Morgan fingerprint density at radius 2 is 1.75 bits per heavy atom. The zero-order valence-electron chi connectivity index (χ0n) is 11.6. The predicted octanol–water partition coefficient (Wildman–Crippen LogP) is 1.74. The fourth-order valence-electron chi connectivity index (χ4n) is 1.54. The Morgan fingerprint density at radius 3 is 2.40 bits per heavy atom. The van der Waals surface area contributed by atoms with Gasteiger partial charge < -0.3 is 10.6 Å². The molecule has 0 atom stereocenters. The molecular formula is C14H20N2O3S. The first-order chi connectivity index (χ1) is 9.63. The topological polar surface area (TPSA) is 75.3 Å². The molecule has 0 saturated carbocycles. The summed E-state index contributed by atoms with van der Waals surface area (Å²) in [6, 6.07) is 3.57. The van der Waals surface area contributed by atoms with E-state index in [1.807, 2.05) is 18.4 Å². The minimum Gasteiger partial charge on any atom is -0.356 e. The number of hydrogen-bond acceptors (Lipinski definition) is 4. The van der Waals surface area contributed by atoms with Crippen molar-refractivity contribution in [2.75, 3.05) is 13.1 Å². The molecule has 0 unspecified atom stereocenters. The van der Waals surface area contributed by atoms with Crippen LogP contribution < -0.4 is 10.6 Å². The normalized spacial score (nSPS) is 10.1. The highest BCUT2D eigenvalue weighted by atomic mass is 32.1. The zero-order valence-corrected chi connectivity index (χ0v) is 12.4. The van der Waals surface area contributed by atoms with Gasteiger partial charge in [0.15, 0.2) is 5.78 Å². The Bertz CT molecular complexity index is 443. The average molecular weight is 296 g/mol. The molecule has 0 bridgehead atoms. The van der Waals surface area contributed by atoms with Gasteiger partial charge in [-0.15, -0.1) is 11.3 Å². The maximum absolute atomic E-state index is 11.7. The molecule has 1 aromatic rings. The molecule has 5 nitrogen and oxygen atoms in total. The molecule has 0 aliphatic heterocycles. The third-order valence-electron chi connectivity index (χ3n) is 2.62. The van der Waals surface area contributed by atoms with Crippen LogP contribution in [0.1, 0.15) is 42.3 Å². The quantitative estimate of drug-likeness (QED) is 0.682. The number of amides is 2. The summed E-state index contributed by atoms with van der Waals surface area (Å²) in [5.41, 5.74) is 0. The van der Waals surface area contributed by atoms with Gasteiger partial charge in [0.2, 0.25) is 11.8 Å². The molecule has 1 aromatic heterocycles. The summed E-state index contributed by atoms with van der Waals surface area (Å²) in [5.74, 6) is -0.282. The monoisotopic (exact) mass is 296 g/mol. The first-order valence-electron chi connectivity index (χ1n) is 6.73. The fourth-order valence-corrected chi connectivity index (χ4v) is 2.24. The number of ketones is 1. The Kier molecular flexibility index (Phi) is 7.57. The van der Waals surface area contributed by atoms with E-state index in [1.54, 1.807) is 6.07 Å². The van der Waals surface area contributed by atoms with Crippen LogP contribution in [0.4, 0.5) is 0 Å². The third kappa shape index (κ3) is 6.47. The number of hydrogen-bond donors (Lipinski definition) is 2. The van der Waals surface area contributed by atoms with E-state index in [4.69, 9.17) is 0 Å². The standard InChI is InChI=1S/C14H20N2O3S/c1-2-8-15-14(19)7-9-16-13(18)6-5-11(17)12-4-3-10-20-12/h3-4,10H,2,5-9H2,1H3,(H,15,19)(H,16,18). The van der Waals surface area contributed by atoms with E-state index in [0.29, 0.717) is 18.0 Å².